The lowest BCUT2D eigenvalue weighted by Crippen LogP contribution is -2.12. The number of hydrogen-bond acceptors (Lipinski definition) is 5. The monoisotopic (exact) mass is 314 g/mol. The van der Waals surface area contributed by atoms with Gasteiger partial charge in [0.15, 0.2) is 5.17 Å². The van der Waals surface area contributed by atoms with Crippen LogP contribution in [-0.2, 0) is 0 Å². The lowest BCUT2D eigenvalue weighted by atomic mass is 10.1. The number of thioether (sulfide) groups is 1. The third-order valence-electron chi connectivity index (χ3n) is 3.16. The van der Waals surface area contributed by atoms with Crippen molar-refractivity contribution in [1.29, 1.82) is 0 Å². The van der Waals surface area contributed by atoms with Crippen molar-refractivity contribution >= 4 is 34.2 Å². The predicted octanol–water partition coefficient (Wildman–Crippen LogP) is 3.90. The Labute approximate surface area is 128 Å². The van der Waals surface area contributed by atoms with E-state index >= 15 is 0 Å². The van der Waals surface area contributed by atoms with Gasteiger partial charge in [0.2, 0.25) is 0 Å². The Morgan fingerprint density at radius 1 is 1.30 bits per heavy atom. The minimum Gasteiger partial charge on any atom is -0.495 e. The number of aliphatic imine (C=N–C) groups is 1. The average Bonchev–Trinajstić information content (AvgIpc) is 2.88. The third kappa shape index (κ3) is 3.33. The second kappa shape index (κ2) is 6.59. The Morgan fingerprint density at radius 3 is 2.55 bits per heavy atom. The van der Waals surface area contributed by atoms with Crippen LogP contribution in [0.5, 0.6) is 11.5 Å². The van der Waals surface area contributed by atoms with E-state index in [1.807, 2.05) is 0 Å². The first kappa shape index (κ1) is 15.3. The zero-order chi connectivity index (χ0) is 14.7. The van der Waals surface area contributed by atoms with Crippen molar-refractivity contribution in [3.8, 4) is 11.5 Å². The quantitative estimate of drug-likeness (QED) is 0.915. The van der Waals surface area contributed by atoms with Crippen LogP contribution in [0.1, 0.15) is 13.8 Å². The van der Waals surface area contributed by atoms with Crippen LogP contribution >= 0.6 is 23.4 Å². The number of rotatable bonds is 4. The molecule has 110 valence electrons. The molecule has 1 aliphatic heterocycles. The molecule has 1 unspecified atom stereocenters. The van der Waals surface area contributed by atoms with Crippen LogP contribution < -0.4 is 14.8 Å². The van der Waals surface area contributed by atoms with Crippen molar-refractivity contribution in [3.05, 3.63) is 17.2 Å². The SMILES string of the molecule is COc1cc(OC)c(NC2=NC(C(C)C)CS2)cc1Cl. The highest BCUT2D eigenvalue weighted by atomic mass is 35.5. The van der Waals surface area contributed by atoms with Crippen LogP contribution in [0.25, 0.3) is 0 Å². The highest BCUT2D eigenvalue weighted by Gasteiger charge is 2.22. The van der Waals surface area contributed by atoms with Crippen LogP contribution in [-0.4, -0.2) is 31.2 Å². The second-order valence-corrected chi connectivity index (χ2v) is 6.28. The van der Waals surface area contributed by atoms with Crippen molar-refractivity contribution in [2.45, 2.75) is 19.9 Å². The van der Waals surface area contributed by atoms with E-state index in [0.717, 1.165) is 16.6 Å². The van der Waals surface area contributed by atoms with Crippen LogP contribution in [0.15, 0.2) is 17.1 Å². The Balaban J connectivity index is 2.21. The summed E-state index contributed by atoms with van der Waals surface area (Å²) < 4.78 is 10.5. The molecule has 0 fully saturated rings. The third-order valence-corrected chi connectivity index (χ3v) is 4.44. The number of halogens is 1. The fourth-order valence-corrected chi connectivity index (χ4v) is 3.29. The molecule has 0 amide bonds. The standard InChI is InChI=1S/C14H19ClN2O2S/c1-8(2)11-7-20-14(17-11)16-10-5-9(15)12(18-3)6-13(10)19-4/h5-6,8,11H,7H2,1-4H3,(H,16,17). The second-order valence-electron chi connectivity index (χ2n) is 4.87. The Morgan fingerprint density at radius 2 is 2.00 bits per heavy atom. The molecule has 1 atom stereocenters. The van der Waals surface area contributed by atoms with Gasteiger partial charge in [-0.3, -0.25) is 4.99 Å². The molecule has 1 aromatic rings. The Bertz CT molecular complexity index is 520. The molecule has 2 rings (SSSR count). The molecule has 0 aliphatic carbocycles. The zero-order valence-corrected chi connectivity index (χ0v) is 13.6. The van der Waals surface area contributed by atoms with E-state index in [-0.39, 0.29) is 0 Å². The largest absolute Gasteiger partial charge is 0.495 e. The maximum atomic E-state index is 6.16. The number of nitrogens with one attached hydrogen (secondary N) is 1. The number of anilines is 1. The van der Waals surface area contributed by atoms with Gasteiger partial charge >= 0.3 is 0 Å². The van der Waals surface area contributed by atoms with Crippen molar-refractivity contribution in [3.63, 3.8) is 0 Å². The first-order valence-electron chi connectivity index (χ1n) is 6.44. The number of hydrogen-bond donors (Lipinski definition) is 1. The highest BCUT2D eigenvalue weighted by Crippen LogP contribution is 2.37. The van der Waals surface area contributed by atoms with Crippen molar-refractivity contribution < 1.29 is 9.47 Å². The molecular formula is C14H19ClN2O2S. The number of amidine groups is 1. The Hall–Kier alpha value is -1.07. The Kier molecular flexibility index (Phi) is 5.05. The van der Waals surface area contributed by atoms with E-state index < -0.39 is 0 Å². The summed E-state index contributed by atoms with van der Waals surface area (Å²) in [5, 5.41) is 4.73. The van der Waals surface area contributed by atoms with Crippen molar-refractivity contribution in [2.75, 3.05) is 25.3 Å². The van der Waals surface area contributed by atoms with Gasteiger partial charge in [-0.25, -0.2) is 0 Å². The minimum absolute atomic E-state index is 0.363. The van der Waals surface area contributed by atoms with Gasteiger partial charge in [0.1, 0.15) is 11.5 Å². The van der Waals surface area contributed by atoms with Crippen molar-refractivity contribution in [1.82, 2.24) is 0 Å². The molecule has 4 nitrogen and oxygen atoms in total. The molecule has 0 aromatic heterocycles. The fraction of sp³-hybridized carbons (Fsp3) is 0.500. The molecule has 0 radical (unpaired) electrons. The fourth-order valence-electron chi connectivity index (χ4n) is 1.87. The van der Waals surface area contributed by atoms with Crippen LogP contribution in [0.2, 0.25) is 5.02 Å². The van der Waals surface area contributed by atoms with Crippen LogP contribution in [0.3, 0.4) is 0 Å². The van der Waals surface area contributed by atoms with Gasteiger partial charge in [0, 0.05) is 11.8 Å². The summed E-state index contributed by atoms with van der Waals surface area (Å²) in [6, 6.07) is 3.93. The summed E-state index contributed by atoms with van der Waals surface area (Å²) in [7, 11) is 3.20. The van der Waals surface area contributed by atoms with E-state index in [4.69, 9.17) is 21.1 Å². The summed E-state index contributed by atoms with van der Waals surface area (Å²) >= 11 is 7.87. The van der Waals surface area contributed by atoms with E-state index in [1.165, 1.54) is 0 Å². The molecule has 1 N–H and O–H groups in total. The topological polar surface area (TPSA) is 42.9 Å². The lowest BCUT2D eigenvalue weighted by molar-refractivity contribution is 0.396. The van der Waals surface area contributed by atoms with Crippen molar-refractivity contribution in [2.24, 2.45) is 10.9 Å². The van der Waals surface area contributed by atoms with E-state index in [1.54, 1.807) is 38.1 Å². The summed E-state index contributed by atoms with van der Waals surface area (Å²) in [6.07, 6.45) is 0. The number of nitrogens with zero attached hydrogens (tertiary/aromatic N) is 1. The lowest BCUT2D eigenvalue weighted by Gasteiger charge is -2.13. The minimum atomic E-state index is 0.363. The first-order chi connectivity index (χ1) is 9.55. The number of benzene rings is 1. The normalized spacial score (nSPS) is 18.1. The maximum absolute atomic E-state index is 6.16. The molecule has 6 heteroatoms. The first-order valence-corrected chi connectivity index (χ1v) is 7.80. The molecule has 0 bridgehead atoms. The zero-order valence-electron chi connectivity index (χ0n) is 12.1. The molecule has 0 saturated carbocycles. The van der Waals surface area contributed by atoms with Crippen LogP contribution in [0.4, 0.5) is 5.69 Å². The number of ether oxygens (including phenoxy) is 2. The highest BCUT2D eigenvalue weighted by molar-refractivity contribution is 8.14. The van der Waals surface area contributed by atoms with Gasteiger partial charge in [0.25, 0.3) is 0 Å². The van der Waals surface area contributed by atoms with Gasteiger partial charge in [-0.1, -0.05) is 37.2 Å². The summed E-state index contributed by atoms with van der Waals surface area (Å²) in [5.74, 6) is 2.83. The number of methoxy groups -OCH3 is 2. The van der Waals surface area contributed by atoms with Gasteiger partial charge < -0.3 is 14.8 Å². The van der Waals surface area contributed by atoms with Gasteiger partial charge in [-0.2, -0.15) is 0 Å². The van der Waals surface area contributed by atoms with E-state index in [0.29, 0.717) is 28.5 Å². The summed E-state index contributed by atoms with van der Waals surface area (Å²) in [4.78, 5) is 4.67. The smallest absolute Gasteiger partial charge is 0.161 e. The predicted molar refractivity (Wildman–Crippen MR) is 86.7 cm³/mol. The van der Waals surface area contributed by atoms with E-state index in [2.05, 4.69) is 24.2 Å². The van der Waals surface area contributed by atoms with Gasteiger partial charge in [0.05, 0.1) is 31.0 Å². The maximum Gasteiger partial charge on any atom is 0.161 e. The van der Waals surface area contributed by atoms with E-state index in [9.17, 15) is 0 Å². The molecule has 1 heterocycles. The molecule has 0 spiro atoms. The molecular weight excluding hydrogens is 296 g/mol. The van der Waals surface area contributed by atoms with Gasteiger partial charge in [-0.15, -0.1) is 0 Å². The molecule has 0 saturated heterocycles. The summed E-state index contributed by atoms with van der Waals surface area (Å²) in [5.41, 5.74) is 0.800. The average molecular weight is 315 g/mol. The molecule has 1 aromatic carbocycles. The van der Waals surface area contributed by atoms with Crippen LogP contribution in [0, 0.1) is 5.92 Å². The molecule has 20 heavy (non-hydrogen) atoms. The van der Waals surface area contributed by atoms with Gasteiger partial charge in [-0.05, 0) is 12.0 Å². The molecule has 1 aliphatic rings. The summed E-state index contributed by atoms with van der Waals surface area (Å²) in [6.45, 7) is 4.37.